The van der Waals surface area contributed by atoms with Gasteiger partial charge in [0, 0.05) is 80.5 Å². The Labute approximate surface area is 257 Å². The maximum absolute atomic E-state index is 13.4. The molecule has 43 heavy (non-hydrogen) atoms. The van der Waals surface area contributed by atoms with Gasteiger partial charge in [-0.1, -0.05) is 31.3 Å². The highest BCUT2D eigenvalue weighted by molar-refractivity contribution is 7.14. The highest BCUT2D eigenvalue weighted by Gasteiger charge is 2.28. The van der Waals surface area contributed by atoms with Crippen LogP contribution in [0.4, 0.5) is 0 Å². The van der Waals surface area contributed by atoms with E-state index in [0.29, 0.717) is 42.0 Å². The molecular formula is C33H41N5O4S. The third-order valence-electron chi connectivity index (χ3n) is 8.70. The molecule has 0 unspecified atom stereocenters. The Balaban J connectivity index is 1.15. The molecule has 0 atom stereocenters. The van der Waals surface area contributed by atoms with Crippen molar-refractivity contribution in [2.75, 3.05) is 32.8 Å². The van der Waals surface area contributed by atoms with Crippen LogP contribution in [0.1, 0.15) is 79.2 Å². The first kappa shape index (κ1) is 29.7. The summed E-state index contributed by atoms with van der Waals surface area (Å²) >= 11 is 1.60. The first-order valence-corrected chi connectivity index (χ1v) is 16.4. The van der Waals surface area contributed by atoms with Gasteiger partial charge in [-0.15, -0.1) is 10.2 Å². The van der Waals surface area contributed by atoms with Gasteiger partial charge in [0.1, 0.15) is 21.5 Å². The van der Waals surface area contributed by atoms with E-state index >= 15 is 0 Å². The van der Waals surface area contributed by atoms with Crippen molar-refractivity contribution in [2.24, 2.45) is 0 Å². The van der Waals surface area contributed by atoms with E-state index in [-0.39, 0.29) is 17.9 Å². The van der Waals surface area contributed by atoms with Gasteiger partial charge in [0.25, 0.3) is 5.91 Å². The van der Waals surface area contributed by atoms with E-state index in [1.807, 2.05) is 47.4 Å². The molecule has 2 amide bonds. The van der Waals surface area contributed by atoms with Crippen molar-refractivity contribution >= 4 is 23.2 Å². The predicted octanol–water partition coefficient (Wildman–Crippen LogP) is 5.62. The van der Waals surface area contributed by atoms with Gasteiger partial charge < -0.3 is 24.6 Å². The number of rotatable bonds is 9. The van der Waals surface area contributed by atoms with Crippen molar-refractivity contribution in [1.82, 2.24) is 25.3 Å². The average molecular weight is 604 g/mol. The van der Waals surface area contributed by atoms with E-state index in [0.717, 1.165) is 86.1 Å². The van der Waals surface area contributed by atoms with Crippen LogP contribution >= 0.6 is 11.3 Å². The van der Waals surface area contributed by atoms with Crippen LogP contribution in [0, 0.1) is 0 Å². The lowest BCUT2D eigenvalue weighted by atomic mass is 9.99. The maximum atomic E-state index is 13.4. The largest absolute Gasteiger partial charge is 0.457 e. The number of likely N-dealkylation sites (tertiary alicyclic amines) is 2. The Hall–Kier alpha value is -3.34. The van der Waals surface area contributed by atoms with Gasteiger partial charge in [0.05, 0.1) is 0 Å². The van der Waals surface area contributed by atoms with Gasteiger partial charge >= 0.3 is 0 Å². The minimum atomic E-state index is -0.0919. The van der Waals surface area contributed by atoms with Crippen LogP contribution in [0.5, 0.6) is 11.5 Å². The zero-order valence-corrected chi connectivity index (χ0v) is 25.9. The van der Waals surface area contributed by atoms with Crippen LogP contribution in [0.15, 0.2) is 42.5 Å². The monoisotopic (exact) mass is 603 g/mol. The number of piperidine rings is 1. The number of carbonyl (C=O) groups is 2. The third kappa shape index (κ3) is 7.25. The molecule has 2 aromatic carbocycles. The predicted molar refractivity (Wildman–Crippen MR) is 167 cm³/mol. The Morgan fingerprint density at radius 2 is 1.81 bits per heavy atom. The molecule has 1 N–H and O–H groups in total. The average Bonchev–Trinajstić information content (AvgIpc) is 3.69. The lowest BCUT2D eigenvalue weighted by Crippen LogP contribution is -2.49. The molecule has 0 aliphatic carbocycles. The van der Waals surface area contributed by atoms with Crippen molar-refractivity contribution in [2.45, 2.75) is 76.9 Å². The van der Waals surface area contributed by atoms with E-state index < -0.39 is 0 Å². The lowest BCUT2D eigenvalue weighted by Gasteiger charge is -2.39. The highest BCUT2D eigenvalue weighted by Crippen LogP contribution is 2.32. The Kier molecular flexibility index (Phi) is 9.35. The molecule has 6 rings (SSSR count). The van der Waals surface area contributed by atoms with Crippen molar-refractivity contribution in [1.29, 1.82) is 0 Å². The second-order valence-electron chi connectivity index (χ2n) is 12.1. The zero-order valence-electron chi connectivity index (χ0n) is 25.1. The van der Waals surface area contributed by atoms with Crippen molar-refractivity contribution in [3.63, 3.8) is 0 Å². The van der Waals surface area contributed by atoms with Gasteiger partial charge in [-0.25, -0.2) is 0 Å². The standard InChI is InChI=1S/C33H41N5O4S/c1-22(2)32-35-36-33(43-32)23-7-9-28(10-8-23)42-29-20-24(5-6-25(29)21-38-15-3-4-30(38)39)31(40)34-26-11-16-37(17-12-26)27-13-18-41-19-14-27/h5-10,20,22,26-27H,3-4,11-19,21H2,1-2H3,(H,34,40). The van der Waals surface area contributed by atoms with E-state index in [1.165, 1.54) is 0 Å². The summed E-state index contributed by atoms with van der Waals surface area (Å²) in [5.74, 6) is 1.65. The van der Waals surface area contributed by atoms with Gasteiger partial charge in [-0.2, -0.15) is 0 Å². The molecule has 3 aromatic rings. The van der Waals surface area contributed by atoms with Crippen LogP contribution in [0.3, 0.4) is 0 Å². The number of carbonyl (C=O) groups excluding carboxylic acids is 2. The summed E-state index contributed by atoms with van der Waals surface area (Å²) in [4.78, 5) is 30.2. The number of benzene rings is 2. The number of aromatic nitrogens is 2. The van der Waals surface area contributed by atoms with Crippen LogP contribution in [-0.2, 0) is 16.1 Å². The van der Waals surface area contributed by atoms with Gasteiger partial charge in [-0.05, 0) is 68.5 Å². The second-order valence-corrected chi connectivity index (χ2v) is 13.1. The fourth-order valence-electron chi connectivity index (χ4n) is 6.10. The molecule has 3 saturated heterocycles. The van der Waals surface area contributed by atoms with Crippen LogP contribution < -0.4 is 10.1 Å². The molecule has 0 radical (unpaired) electrons. The molecule has 10 heteroatoms. The van der Waals surface area contributed by atoms with Crippen LogP contribution in [-0.4, -0.2) is 76.7 Å². The third-order valence-corrected chi connectivity index (χ3v) is 9.97. The van der Waals surface area contributed by atoms with E-state index in [4.69, 9.17) is 9.47 Å². The molecule has 0 saturated carbocycles. The van der Waals surface area contributed by atoms with Gasteiger partial charge in [0.15, 0.2) is 0 Å². The Morgan fingerprint density at radius 3 is 2.49 bits per heavy atom. The molecule has 228 valence electrons. The zero-order chi connectivity index (χ0) is 29.8. The Bertz CT molecular complexity index is 1410. The summed E-state index contributed by atoms with van der Waals surface area (Å²) in [6, 6.07) is 14.1. The molecule has 9 nitrogen and oxygen atoms in total. The van der Waals surface area contributed by atoms with Crippen molar-refractivity contribution in [3.8, 4) is 22.1 Å². The van der Waals surface area contributed by atoms with Gasteiger partial charge in [-0.3, -0.25) is 9.59 Å². The number of hydrogen-bond donors (Lipinski definition) is 1. The number of nitrogens with one attached hydrogen (secondary N) is 1. The molecule has 0 bridgehead atoms. The number of hydrogen-bond acceptors (Lipinski definition) is 8. The second kappa shape index (κ2) is 13.5. The summed E-state index contributed by atoms with van der Waals surface area (Å²) in [7, 11) is 0. The molecule has 3 aliphatic heterocycles. The molecule has 3 fully saturated rings. The summed E-state index contributed by atoms with van der Waals surface area (Å²) < 4.78 is 11.9. The van der Waals surface area contributed by atoms with Gasteiger partial charge in [0.2, 0.25) is 5.91 Å². The van der Waals surface area contributed by atoms with E-state index in [2.05, 4.69) is 34.3 Å². The van der Waals surface area contributed by atoms with E-state index in [9.17, 15) is 9.59 Å². The van der Waals surface area contributed by atoms with Crippen LogP contribution in [0.2, 0.25) is 0 Å². The summed E-state index contributed by atoms with van der Waals surface area (Å²) in [5.41, 5.74) is 2.42. The highest BCUT2D eigenvalue weighted by atomic mass is 32.1. The normalized spacial score (nSPS) is 18.9. The van der Waals surface area contributed by atoms with Crippen LogP contribution in [0.25, 0.3) is 10.6 Å². The summed E-state index contributed by atoms with van der Waals surface area (Å²) in [6.07, 6.45) is 5.53. The lowest BCUT2D eigenvalue weighted by molar-refractivity contribution is -0.128. The molecular weight excluding hydrogens is 562 g/mol. The Morgan fingerprint density at radius 1 is 1.05 bits per heavy atom. The smallest absolute Gasteiger partial charge is 0.251 e. The minimum Gasteiger partial charge on any atom is -0.457 e. The molecule has 4 heterocycles. The number of ether oxygens (including phenoxy) is 2. The molecule has 0 spiro atoms. The fourth-order valence-corrected chi connectivity index (χ4v) is 6.95. The summed E-state index contributed by atoms with van der Waals surface area (Å²) in [6.45, 7) is 9.11. The van der Waals surface area contributed by atoms with Crippen molar-refractivity contribution < 1.29 is 19.1 Å². The van der Waals surface area contributed by atoms with E-state index in [1.54, 1.807) is 11.3 Å². The van der Waals surface area contributed by atoms with Crippen molar-refractivity contribution in [3.05, 3.63) is 58.6 Å². The number of amides is 2. The molecule has 1 aromatic heterocycles. The summed E-state index contributed by atoms with van der Waals surface area (Å²) in [5, 5.41) is 13.8. The fraction of sp³-hybridized carbons (Fsp3) is 0.515. The quantitative estimate of drug-likeness (QED) is 0.339. The molecule has 3 aliphatic rings. The maximum Gasteiger partial charge on any atom is 0.251 e. The SMILES string of the molecule is CC(C)c1nnc(-c2ccc(Oc3cc(C(=O)NC4CCN(C5CCOCC5)CC4)ccc3CN3CCCC3=O)cc2)s1. The minimum absolute atomic E-state index is 0.0919. The first-order valence-electron chi connectivity index (χ1n) is 15.6. The topological polar surface area (TPSA) is 96.9 Å². The first-order chi connectivity index (χ1) is 20.9. The number of nitrogens with zero attached hydrogens (tertiary/aromatic N) is 4.